The monoisotopic (exact) mass is 305 g/mol. The smallest absolute Gasteiger partial charge is 0.410 e. The van der Waals surface area contributed by atoms with E-state index in [-0.39, 0.29) is 11.7 Å². The highest BCUT2D eigenvalue weighted by molar-refractivity contribution is 5.68. The average molecular weight is 305 g/mol. The van der Waals surface area contributed by atoms with Crippen LogP contribution in [0.15, 0.2) is 12.3 Å². The standard InChI is InChI=1S/C16H23N3O3/c1-15(2,3)22-14(20)19-6-4-16(5-7-19)12-9-18-13(17)8-11(12)10-21-16/h8-9H,4-7,10H2,1-3H3,(H2,17,18). The summed E-state index contributed by atoms with van der Waals surface area (Å²) in [6.45, 7) is 7.44. The molecule has 2 aliphatic rings. The maximum Gasteiger partial charge on any atom is 0.410 e. The van der Waals surface area contributed by atoms with Gasteiger partial charge in [-0.2, -0.15) is 0 Å². The quantitative estimate of drug-likeness (QED) is 0.796. The van der Waals surface area contributed by atoms with Gasteiger partial charge in [-0.3, -0.25) is 0 Å². The van der Waals surface area contributed by atoms with E-state index in [1.54, 1.807) is 4.90 Å². The van der Waals surface area contributed by atoms with Crippen LogP contribution in [0.4, 0.5) is 10.6 Å². The van der Waals surface area contributed by atoms with Gasteiger partial charge < -0.3 is 20.1 Å². The van der Waals surface area contributed by atoms with Crippen molar-refractivity contribution in [2.75, 3.05) is 18.8 Å². The zero-order valence-corrected chi connectivity index (χ0v) is 13.4. The molecule has 3 rings (SSSR count). The maximum absolute atomic E-state index is 12.1. The lowest BCUT2D eigenvalue weighted by Gasteiger charge is -2.39. The number of carbonyl (C=O) groups is 1. The minimum absolute atomic E-state index is 0.254. The Labute approximate surface area is 130 Å². The number of rotatable bonds is 0. The minimum Gasteiger partial charge on any atom is -0.444 e. The van der Waals surface area contributed by atoms with Crippen molar-refractivity contribution in [2.45, 2.75) is 51.4 Å². The highest BCUT2D eigenvalue weighted by atomic mass is 16.6. The fourth-order valence-electron chi connectivity index (χ4n) is 3.13. The number of ether oxygens (including phenoxy) is 2. The second kappa shape index (κ2) is 5.12. The Morgan fingerprint density at radius 1 is 1.41 bits per heavy atom. The molecule has 1 fully saturated rings. The lowest BCUT2D eigenvalue weighted by atomic mass is 9.85. The van der Waals surface area contributed by atoms with Crippen molar-refractivity contribution in [3.63, 3.8) is 0 Å². The van der Waals surface area contributed by atoms with Gasteiger partial charge >= 0.3 is 6.09 Å². The Balaban J connectivity index is 1.69. The molecule has 0 bridgehead atoms. The summed E-state index contributed by atoms with van der Waals surface area (Å²) in [6.07, 6.45) is 3.08. The first kappa shape index (κ1) is 15.1. The number of amides is 1. The summed E-state index contributed by atoms with van der Waals surface area (Å²) >= 11 is 0. The molecule has 1 aromatic rings. The van der Waals surface area contributed by atoms with Crippen molar-refractivity contribution in [3.8, 4) is 0 Å². The van der Waals surface area contributed by atoms with E-state index < -0.39 is 5.60 Å². The molecule has 6 nitrogen and oxygen atoms in total. The number of likely N-dealkylation sites (tertiary alicyclic amines) is 1. The first-order valence-corrected chi connectivity index (χ1v) is 7.66. The number of anilines is 1. The topological polar surface area (TPSA) is 77.7 Å². The van der Waals surface area contributed by atoms with Gasteiger partial charge in [0.2, 0.25) is 0 Å². The second-order valence-corrected chi connectivity index (χ2v) is 7.02. The van der Waals surface area contributed by atoms with Gasteiger partial charge in [0, 0.05) is 24.8 Å². The highest BCUT2D eigenvalue weighted by Gasteiger charge is 2.44. The maximum atomic E-state index is 12.1. The van der Waals surface area contributed by atoms with E-state index >= 15 is 0 Å². The third kappa shape index (κ3) is 2.75. The molecule has 3 heterocycles. The molecule has 0 aliphatic carbocycles. The summed E-state index contributed by atoms with van der Waals surface area (Å²) in [5, 5.41) is 0. The van der Waals surface area contributed by atoms with Crippen LogP contribution in [0, 0.1) is 0 Å². The number of hydrogen-bond donors (Lipinski definition) is 1. The van der Waals surface area contributed by atoms with Gasteiger partial charge in [-0.15, -0.1) is 0 Å². The third-order valence-electron chi connectivity index (χ3n) is 4.23. The summed E-state index contributed by atoms with van der Waals surface area (Å²) < 4.78 is 11.5. The third-order valence-corrected chi connectivity index (χ3v) is 4.23. The van der Waals surface area contributed by atoms with Crippen LogP contribution >= 0.6 is 0 Å². The Morgan fingerprint density at radius 2 is 2.09 bits per heavy atom. The van der Waals surface area contributed by atoms with Gasteiger partial charge in [-0.1, -0.05) is 0 Å². The van der Waals surface area contributed by atoms with Crippen LogP contribution in [0.1, 0.15) is 44.7 Å². The number of hydrogen-bond acceptors (Lipinski definition) is 5. The van der Waals surface area contributed by atoms with Gasteiger partial charge in [0.05, 0.1) is 12.2 Å². The molecule has 2 N–H and O–H groups in total. The Bertz CT molecular complexity index is 587. The van der Waals surface area contributed by atoms with Crippen LogP contribution in [0.3, 0.4) is 0 Å². The lowest BCUT2D eigenvalue weighted by molar-refractivity contribution is -0.0798. The van der Waals surface area contributed by atoms with Gasteiger partial charge in [0.1, 0.15) is 11.4 Å². The molecule has 6 heteroatoms. The molecule has 120 valence electrons. The molecule has 0 unspecified atom stereocenters. The highest BCUT2D eigenvalue weighted by Crippen LogP contribution is 2.44. The van der Waals surface area contributed by atoms with Crippen molar-refractivity contribution in [3.05, 3.63) is 23.4 Å². The van der Waals surface area contributed by atoms with Crippen LogP contribution in [0.25, 0.3) is 0 Å². The normalized spacial score (nSPS) is 20.0. The van der Waals surface area contributed by atoms with E-state index in [2.05, 4.69) is 4.98 Å². The molecule has 0 atom stereocenters. The van der Waals surface area contributed by atoms with Crippen LogP contribution < -0.4 is 5.73 Å². The number of pyridine rings is 1. The summed E-state index contributed by atoms with van der Waals surface area (Å²) in [5.74, 6) is 0.519. The molecule has 0 radical (unpaired) electrons. The summed E-state index contributed by atoms with van der Waals surface area (Å²) in [5.41, 5.74) is 7.17. The van der Waals surface area contributed by atoms with Gasteiger partial charge in [0.25, 0.3) is 0 Å². The first-order chi connectivity index (χ1) is 10.3. The molecular formula is C16H23N3O3. The number of aromatic nitrogens is 1. The molecule has 1 saturated heterocycles. The summed E-state index contributed by atoms with van der Waals surface area (Å²) in [6, 6.07) is 1.88. The molecule has 2 aliphatic heterocycles. The molecule has 1 spiro atoms. The van der Waals surface area contributed by atoms with Crippen molar-refractivity contribution >= 4 is 11.9 Å². The van der Waals surface area contributed by atoms with Crippen molar-refractivity contribution in [2.24, 2.45) is 0 Å². The second-order valence-electron chi connectivity index (χ2n) is 7.02. The fraction of sp³-hybridized carbons (Fsp3) is 0.625. The molecule has 1 aromatic heterocycles. The van der Waals surface area contributed by atoms with Gasteiger partial charge in [-0.25, -0.2) is 9.78 Å². The number of nitrogen functional groups attached to an aromatic ring is 1. The van der Waals surface area contributed by atoms with E-state index in [1.807, 2.05) is 33.0 Å². The predicted molar refractivity (Wildman–Crippen MR) is 82.2 cm³/mol. The Kier molecular flexibility index (Phi) is 3.51. The number of piperidine rings is 1. The van der Waals surface area contributed by atoms with Crippen LogP contribution in [0.2, 0.25) is 0 Å². The van der Waals surface area contributed by atoms with Crippen molar-refractivity contribution in [1.29, 1.82) is 0 Å². The molecule has 0 saturated carbocycles. The summed E-state index contributed by atoms with van der Waals surface area (Å²) in [4.78, 5) is 18.1. The molecular weight excluding hydrogens is 282 g/mol. The zero-order chi connectivity index (χ0) is 16.0. The average Bonchev–Trinajstić information content (AvgIpc) is 2.76. The van der Waals surface area contributed by atoms with Gasteiger partial charge in [0.15, 0.2) is 0 Å². The van der Waals surface area contributed by atoms with E-state index in [0.29, 0.717) is 25.5 Å². The lowest BCUT2D eigenvalue weighted by Crippen LogP contribution is -2.46. The number of nitrogens with zero attached hydrogens (tertiary/aromatic N) is 2. The largest absolute Gasteiger partial charge is 0.444 e. The number of fused-ring (bicyclic) bond motifs is 2. The molecule has 22 heavy (non-hydrogen) atoms. The first-order valence-electron chi connectivity index (χ1n) is 7.66. The zero-order valence-electron chi connectivity index (χ0n) is 13.4. The van der Waals surface area contributed by atoms with E-state index in [9.17, 15) is 4.79 Å². The Morgan fingerprint density at radius 3 is 2.73 bits per heavy atom. The van der Waals surface area contributed by atoms with E-state index in [1.165, 1.54) is 0 Å². The van der Waals surface area contributed by atoms with Gasteiger partial charge in [-0.05, 0) is 45.2 Å². The van der Waals surface area contributed by atoms with E-state index in [4.69, 9.17) is 15.2 Å². The van der Waals surface area contributed by atoms with Crippen LogP contribution in [-0.2, 0) is 21.7 Å². The van der Waals surface area contributed by atoms with Crippen LogP contribution in [0.5, 0.6) is 0 Å². The molecule has 1 amide bonds. The van der Waals surface area contributed by atoms with E-state index in [0.717, 1.165) is 24.0 Å². The van der Waals surface area contributed by atoms with Crippen molar-refractivity contribution < 1.29 is 14.3 Å². The number of nitrogens with two attached hydrogens (primary N) is 1. The number of carbonyl (C=O) groups excluding carboxylic acids is 1. The molecule has 0 aromatic carbocycles. The van der Waals surface area contributed by atoms with Crippen molar-refractivity contribution in [1.82, 2.24) is 9.88 Å². The SMILES string of the molecule is CC(C)(C)OC(=O)N1CCC2(CC1)OCc1cc(N)ncc12. The fourth-order valence-corrected chi connectivity index (χ4v) is 3.13. The Hall–Kier alpha value is -1.82. The summed E-state index contributed by atoms with van der Waals surface area (Å²) in [7, 11) is 0. The minimum atomic E-state index is -0.468. The predicted octanol–water partition coefficient (Wildman–Crippen LogP) is 2.42. The van der Waals surface area contributed by atoms with Crippen LogP contribution in [-0.4, -0.2) is 34.7 Å².